The zero-order valence-corrected chi connectivity index (χ0v) is 21.5. The predicted molar refractivity (Wildman–Crippen MR) is 129 cm³/mol. The molecule has 2 saturated heterocycles. The summed E-state index contributed by atoms with van der Waals surface area (Å²) in [5.41, 5.74) is 6.24. The van der Waals surface area contributed by atoms with Crippen LogP contribution in [0, 0.1) is 12.3 Å². The number of hydrogen-bond donors (Lipinski definition) is 0. The van der Waals surface area contributed by atoms with Crippen molar-refractivity contribution in [3.8, 4) is 0 Å². The summed E-state index contributed by atoms with van der Waals surface area (Å²) in [6.07, 6.45) is 3.37. The van der Waals surface area contributed by atoms with Gasteiger partial charge in [0.15, 0.2) is 12.6 Å². The highest BCUT2D eigenvalue weighted by atomic mass is 32.2. The summed E-state index contributed by atoms with van der Waals surface area (Å²) >= 11 is 0. The Bertz CT molecular complexity index is 1160. The van der Waals surface area contributed by atoms with E-state index in [4.69, 9.17) is 14.2 Å². The van der Waals surface area contributed by atoms with Gasteiger partial charge in [-0.2, -0.15) is 4.31 Å². The molecular weight excluding hydrogens is 452 g/mol. The van der Waals surface area contributed by atoms with Gasteiger partial charge in [0.05, 0.1) is 24.7 Å². The van der Waals surface area contributed by atoms with Gasteiger partial charge in [0, 0.05) is 30.9 Å². The standard InChI is InChI=1S/C26H36N2O5S/c1-18-21(15-20-7-5-6-8-24(20)34(29,30)27-11-13-31-14-12-27)22-16-26(3,4)10-9-23(22)28(18)17-25-32-19(2)33-25/h5-8,19,25H,9-17H2,1-4H3. The summed E-state index contributed by atoms with van der Waals surface area (Å²) in [4.78, 5) is 0.410. The average Bonchev–Trinajstić information content (AvgIpc) is 3.03. The number of aromatic nitrogens is 1. The molecular formula is C26H36N2O5S. The fraction of sp³-hybridized carbons (Fsp3) is 0.615. The van der Waals surface area contributed by atoms with Crippen molar-refractivity contribution in [2.24, 2.45) is 5.41 Å². The van der Waals surface area contributed by atoms with Crippen molar-refractivity contribution < 1.29 is 22.6 Å². The maximum atomic E-state index is 13.5. The van der Waals surface area contributed by atoms with Crippen LogP contribution in [0.25, 0.3) is 0 Å². The topological polar surface area (TPSA) is 70.0 Å². The first-order chi connectivity index (χ1) is 16.2. The minimum absolute atomic E-state index is 0.146. The zero-order valence-electron chi connectivity index (χ0n) is 20.7. The van der Waals surface area contributed by atoms with E-state index < -0.39 is 10.0 Å². The van der Waals surface area contributed by atoms with E-state index in [9.17, 15) is 8.42 Å². The fourth-order valence-corrected chi connectivity index (χ4v) is 7.24. The molecule has 0 spiro atoms. The van der Waals surface area contributed by atoms with Gasteiger partial charge in [-0.25, -0.2) is 8.42 Å². The van der Waals surface area contributed by atoms with Crippen molar-refractivity contribution in [1.82, 2.24) is 8.87 Å². The minimum Gasteiger partial charge on any atom is -0.379 e. The van der Waals surface area contributed by atoms with E-state index in [-0.39, 0.29) is 18.0 Å². The predicted octanol–water partition coefficient (Wildman–Crippen LogP) is 3.64. The highest BCUT2D eigenvalue weighted by Crippen LogP contribution is 2.40. The number of benzene rings is 1. The molecule has 1 aromatic carbocycles. The van der Waals surface area contributed by atoms with Crippen molar-refractivity contribution >= 4 is 10.0 Å². The van der Waals surface area contributed by atoms with Crippen LogP contribution in [0.1, 0.15) is 55.3 Å². The van der Waals surface area contributed by atoms with Crippen LogP contribution in [0.5, 0.6) is 0 Å². The van der Waals surface area contributed by atoms with Gasteiger partial charge in [0.25, 0.3) is 0 Å². The molecule has 8 heteroatoms. The number of rotatable bonds is 6. The third kappa shape index (κ3) is 4.46. The molecule has 3 heterocycles. The number of hydrogen-bond acceptors (Lipinski definition) is 5. The minimum atomic E-state index is -3.58. The molecule has 3 aliphatic rings. The maximum Gasteiger partial charge on any atom is 0.243 e. The van der Waals surface area contributed by atoms with Crippen LogP contribution in [0.2, 0.25) is 0 Å². The van der Waals surface area contributed by atoms with E-state index >= 15 is 0 Å². The summed E-state index contributed by atoms with van der Waals surface area (Å²) in [5.74, 6) is 0. The Balaban J connectivity index is 1.52. The Labute approximate surface area is 203 Å². The number of fused-ring (bicyclic) bond motifs is 1. The van der Waals surface area contributed by atoms with Crippen molar-refractivity contribution in [2.75, 3.05) is 26.3 Å². The van der Waals surface area contributed by atoms with Crippen LogP contribution >= 0.6 is 0 Å². The molecule has 0 unspecified atom stereocenters. The molecule has 2 aliphatic heterocycles. The van der Waals surface area contributed by atoms with E-state index in [0.717, 1.165) is 24.8 Å². The Morgan fingerprint density at radius 1 is 1.12 bits per heavy atom. The van der Waals surface area contributed by atoms with Crippen LogP contribution in [0.15, 0.2) is 29.2 Å². The lowest BCUT2D eigenvalue weighted by atomic mass is 9.75. The lowest BCUT2D eigenvalue weighted by Gasteiger charge is -2.35. The monoisotopic (exact) mass is 488 g/mol. The van der Waals surface area contributed by atoms with Crippen LogP contribution in [0.3, 0.4) is 0 Å². The fourth-order valence-electron chi connectivity index (χ4n) is 5.61. The summed E-state index contributed by atoms with van der Waals surface area (Å²) in [7, 11) is -3.58. The molecule has 1 aliphatic carbocycles. The van der Waals surface area contributed by atoms with Crippen LogP contribution in [0.4, 0.5) is 0 Å². The Morgan fingerprint density at radius 3 is 2.53 bits per heavy atom. The summed E-state index contributed by atoms with van der Waals surface area (Å²) < 4.78 is 47.9. The van der Waals surface area contributed by atoms with E-state index in [2.05, 4.69) is 25.3 Å². The van der Waals surface area contributed by atoms with Gasteiger partial charge in [-0.15, -0.1) is 0 Å². The summed E-state index contributed by atoms with van der Waals surface area (Å²) in [5, 5.41) is 0. The number of sulfonamides is 1. The lowest BCUT2D eigenvalue weighted by Crippen LogP contribution is -2.42. The number of ether oxygens (including phenoxy) is 3. The smallest absolute Gasteiger partial charge is 0.243 e. The van der Waals surface area contributed by atoms with Crippen LogP contribution in [-0.4, -0.2) is 56.2 Å². The second-order valence-electron chi connectivity index (χ2n) is 10.5. The van der Waals surface area contributed by atoms with E-state index in [1.54, 1.807) is 10.4 Å². The molecule has 0 bridgehead atoms. The van der Waals surface area contributed by atoms with Gasteiger partial charge in [0.1, 0.15) is 0 Å². The highest BCUT2D eigenvalue weighted by Gasteiger charge is 2.35. The Kier molecular flexibility index (Phi) is 6.40. The first-order valence-electron chi connectivity index (χ1n) is 12.3. The van der Waals surface area contributed by atoms with Gasteiger partial charge in [-0.3, -0.25) is 0 Å². The lowest BCUT2D eigenvalue weighted by molar-refractivity contribution is -0.379. The van der Waals surface area contributed by atoms with Gasteiger partial charge in [-0.05, 0) is 61.3 Å². The van der Waals surface area contributed by atoms with Crippen molar-refractivity contribution in [3.63, 3.8) is 0 Å². The van der Waals surface area contributed by atoms with Crippen molar-refractivity contribution in [2.45, 2.75) is 77.4 Å². The Hall–Kier alpha value is -1.71. The average molecular weight is 489 g/mol. The molecule has 2 fully saturated rings. The normalized spacial score (nSPS) is 25.1. The molecule has 0 radical (unpaired) electrons. The molecule has 2 aromatic rings. The van der Waals surface area contributed by atoms with Crippen LogP contribution in [-0.2, 0) is 50.0 Å². The zero-order chi connectivity index (χ0) is 24.1. The summed E-state index contributed by atoms with van der Waals surface area (Å²) in [6.45, 7) is 11.1. The number of morpholine rings is 1. The second kappa shape index (κ2) is 9.06. The van der Waals surface area contributed by atoms with Gasteiger partial charge < -0.3 is 18.8 Å². The molecule has 0 amide bonds. The van der Waals surface area contributed by atoms with Crippen LogP contribution < -0.4 is 0 Å². The molecule has 0 N–H and O–H groups in total. The first kappa shape index (κ1) is 24.0. The summed E-state index contributed by atoms with van der Waals surface area (Å²) in [6, 6.07) is 7.47. The first-order valence-corrected chi connectivity index (χ1v) is 13.8. The van der Waals surface area contributed by atoms with E-state index in [1.807, 2.05) is 25.1 Å². The third-order valence-corrected chi connectivity index (χ3v) is 9.52. The van der Waals surface area contributed by atoms with E-state index in [0.29, 0.717) is 44.2 Å². The molecule has 7 nitrogen and oxygen atoms in total. The second-order valence-corrected chi connectivity index (χ2v) is 12.4. The molecule has 5 rings (SSSR count). The highest BCUT2D eigenvalue weighted by molar-refractivity contribution is 7.89. The van der Waals surface area contributed by atoms with Gasteiger partial charge in [0.2, 0.25) is 10.0 Å². The maximum absolute atomic E-state index is 13.5. The number of nitrogens with zero attached hydrogens (tertiary/aromatic N) is 2. The van der Waals surface area contributed by atoms with E-state index in [1.165, 1.54) is 22.5 Å². The van der Waals surface area contributed by atoms with Gasteiger partial charge in [-0.1, -0.05) is 32.0 Å². The van der Waals surface area contributed by atoms with Crippen molar-refractivity contribution in [3.05, 3.63) is 52.3 Å². The molecule has 34 heavy (non-hydrogen) atoms. The Morgan fingerprint density at radius 2 is 1.82 bits per heavy atom. The SMILES string of the molecule is Cc1c(Cc2ccccc2S(=O)(=O)N2CCOCC2)c2c(n1CC1OC(C)O1)CCC(C)(C)C2. The molecule has 0 saturated carbocycles. The molecule has 186 valence electrons. The third-order valence-electron chi connectivity index (χ3n) is 7.52. The molecule has 0 atom stereocenters. The largest absolute Gasteiger partial charge is 0.379 e. The quantitative estimate of drug-likeness (QED) is 0.621. The van der Waals surface area contributed by atoms with Gasteiger partial charge >= 0.3 is 0 Å². The molecule has 1 aromatic heterocycles. The van der Waals surface area contributed by atoms with Crippen molar-refractivity contribution in [1.29, 1.82) is 0 Å².